The first-order valence-corrected chi connectivity index (χ1v) is 8.28. The number of nitrogens with one attached hydrogen (secondary N) is 2. The Morgan fingerprint density at radius 3 is 2.32 bits per heavy atom. The summed E-state index contributed by atoms with van der Waals surface area (Å²) in [5.74, 6) is -0.796. The molecule has 8 heteroatoms. The van der Waals surface area contributed by atoms with E-state index in [0.717, 1.165) is 15.9 Å². The fourth-order valence-corrected chi connectivity index (χ4v) is 2.92. The minimum atomic E-state index is -0.398. The summed E-state index contributed by atoms with van der Waals surface area (Å²) in [6.45, 7) is 1.95. The number of hydrogen-bond acceptors (Lipinski definition) is 3. The smallest absolute Gasteiger partial charge is 0.286 e. The molecule has 2 aromatic heterocycles. The van der Waals surface area contributed by atoms with Crippen LogP contribution in [0, 0.1) is 6.92 Å². The van der Waals surface area contributed by atoms with E-state index in [1.165, 1.54) is 0 Å². The first-order chi connectivity index (χ1) is 12.0. The summed E-state index contributed by atoms with van der Waals surface area (Å²) in [7, 11) is 1.75. The number of hydrogen-bond donors (Lipinski definition) is 2. The maximum Gasteiger partial charge on any atom is 0.286 e. The van der Waals surface area contributed by atoms with Crippen molar-refractivity contribution in [3.8, 4) is 5.69 Å². The highest BCUT2D eigenvalue weighted by molar-refractivity contribution is 9.10. The number of aryl methyl sites for hydroxylation is 2. The van der Waals surface area contributed by atoms with Crippen molar-refractivity contribution in [2.45, 2.75) is 6.92 Å². The van der Waals surface area contributed by atoms with E-state index in [2.05, 4.69) is 31.9 Å². The van der Waals surface area contributed by atoms with Crippen LogP contribution in [0.5, 0.6) is 0 Å². The molecule has 0 saturated carbocycles. The molecule has 0 atom stereocenters. The molecule has 128 valence electrons. The highest BCUT2D eigenvalue weighted by Crippen LogP contribution is 2.13. The van der Waals surface area contributed by atoms with E-state index in [1.54, 1.807) is 59.0 Å². The topological polar surface area (TPSA) is 81.0 Å². The van der Waals surface area contributed by atoms with E-state index in [1.807, 2.05) is 13.0 Å². The van der Waals surface area contributed by atoms with Gasteiger partial charge in [0.2, 0.25) is 0 Å². The number of hydrazine groups is 1. The Morgan fingerprint density at radius 2 is 1.76 bits per heavy atom. The van der Waals surface area contributed by atoms with Crippen molar-refractivity contribution in [3.63, 3.8) is 0 Å². The third kappa shape index (κ3) is 3.63. The number of rotatable bonds is 3. The van der Waals surface area contributed by atoms with Gasteiger partial charge in [0.25, 0.3) is 11.8 Å². The zero-order chi connectivity index (χ0) is 18.0. The lowest BCUT2D eigenvalue weighted by molar-refractivity contribution is 0.0842. The van der Waals surface area contributed by atoms with Crippen LogP contribution in [-0.4, -0.2) is 26.2 Å². The predicted octanol–water partition coefficient (Wildman–Crippen LogP) is 2.36. The number of nitrogens with zero attached hydrogens (tertiary/aromatic N) is 3. The third-order valence-corrected chi connectivity index (χ3v) is 4.13. The molecule has 3 rings (SSSR count). The Balaban J connectivity index is 1.64. The Morgan fingerprint density at radius 1 is 1.08 bits per heavy atom. The van der Waals surface area contributed by atoms with Crippen molar-refractivity contribution in [2.24, 2.45) is 7.05 Å². The van der Waals surface area contributed by atoms with Crippen LogP contribution in [0.4, 0.5) is 0 Å². The van der Waals surface area contributed by atoms with Gasteiger partial charge in [-0.2, -0.15) is 5.10 Å². The molecule has 0 spiro atoms. The SMILES string of the molecule is Cc1ccnn1-c1ccc(C(=O)NNC(=O)c2cc(Br)cn2C)cc1. The van der Waals surface area contributed by atoms with Crippen LogP contribution in [0.3, 0.4) is 0 Å². The average molecular weight is 402 g/mol. The molecule has 0 saturated heterocycles. The van der Waals surface area contributed by atoms with Crippen LogP contribution in [0.2, 0.25) is 0 Å². The second-order valence-electron chi connectivity index (χ2n) is 5.49. The fourth-order valence-electron chi connectivity index (χ4n) is 2.39. The monoisotopic (exact) mass is 401 g/mol. The van der Waals surface area contributed by atoms with Gasteiger partial charge in [-0.05, 0) is 59.3 Å². The maximum absolute atomic E-state index is 12.2. The molecule has 0 fully saturated rings. The van der Waals surface area contributed by atoms with E-state index in [4.69, 9.17) is 0 Å². The number of halogens is 1. The van der Waals surface area contributed by atoms with Gasteiger partial charge in [-0.1, -0.05) is 0 Å². The predicted molar refractivity (Wildman–Crippen MR) is 96.3 cm³/mol. The van der Waals surface area contributed by atoms with E-state index >= 15 is 0 Å². The van der Waals surface area contributed by atoms with Gasteiger partial charge in [-0.3, -0.25) is 20.4 Å². The minimum Gasteiger partial charge on any atom is -0.345 e. The van der Waals surface area contributed by atoms with Gasteiger partial charge in [-0.15, -0.1) is 0 Å². The molecule has 25 heavy (non-hydrogen) atoms. The van der Waals surface area contributed by atoms with Crippen molar-refractivity contribution in [1.82, 2.24) is 25.2 Å². The first kappa shape index (κ1) is 17.0. The molecular weight excluding hydrogens is 386 g/mol. The fraction of sp³-hybridized carbons (Fsp3) is 0.118. The van der Waals surface area contributed by atoms with Crippen molar-refractivity contribution < 1.29 is 9.59 Å². The van der Waals surface area contributed by atoms with Gasteiger partial charge < -0.3 is 4.57 Å². The largest absolute Gasteiger partial charge is 0.345 e. The zero-order valence-corrected chi connectivity index (χ0v) is 15.2. The molecule has 0 aliphatic rings. The quantitative estimate of drug-likeness (QED) is 0.660. The molecule has 0 bridgehead atoms. The van der Waals surface area contributed by atoms with Crippen LogP contribution in [0.15, 0.2) is 53.3 Å². The number of carbonyl (C=O) groups is 2. The molecule has 2 amide bonds. The Labute approximate surface area is 152 Å². The van der Waals surface area contributed by atoms with Gasteiger partial charge in [0, 0.05) is 35.2 Å². The lowest BCUT2D eigenvalue weighted by Gasteiger charge is -2.09. The van der Waals surface area contributed by atoms with Crippen molar-refractivity contribution >= 4 is 27.7 Å². The van der Waals surface area contributed by atoms with Gasteiger partial charge in [0.15, 0.2) is 0 Å². The molecule has 1 aromatic carbocycles. The Bertz CT molecular complexity index is 927. The molecule has 2 heterocycles. The van der Waals surface area contributed by atoms with Crippen LogP contribution in [0.25, 0.3) is 5.69 Å². The van der Waals surface area contributed by atoms with Gasteiger partial charge in [0.05, 0.1) is 5.69 Å². The van der Waals surface area contributed by atoms with Gasteiger partial charge in [0.1, 0.15) is 5.69 Å². The number of aromatic nitrogens is 3. The van der Waals surface area contributed by atoms with E-state index in [9.17, 15) is 9.59 Å². The lowest BCUT2D eigenvalue weighted by Crippen LogP contribution is -2.42. The van der Waals surface area contributed by atoms with E-state index < -0.39 is 11.8 Å². The summed E-state index contributed by atoms with van der Waals surface area (Å²) >= 11 is 3.30. The van der Waals surface area contributed by atoms with Crippen LogP contribution < -0.4 is 10.9 Å². The number of benzene rings is 1. The van der Waals surface area contributed by atoms with Gasteiger partial charge >= 0.3 is 0 Å². The molecule has 3 aromatic rings. The van der Waals surface area contributed by atoms with Crippen LogP contribution in [-0.2, 0) is 7.05 Å². The summed E-state index contributed by atoms with van der Waals surface area (Å²) < 4.78 is 4.22. The second kappa shape index (κ2) is 6.94. The molecule has 0 unspecified atom stereocenters. The molecule has 0 aliphatic carbocycles. The van der Waals surface area contributed by atoms with E-state index in [0.29, 0.717) is 11.3 Å². The summed E-state index contributed by atoms with van der Waals surface area (Å²) in [4.78, 5) is 24.3. The molecular formula is C17H16BrN5O2. The Hall–Kier alpha value is -2.87. The zero-order valence-electron chi connectivity index (χ0n) is 13.7. The maximum atomic E-state index is 12.2. The highest BCUT2D eigenvalue weighted by Gasteiger charge is 2.13. The summed E-state index contributed by atoms with van der Waals surface area (Å²) in [5.41, 5.74) is 7.53. The lowest BCUT2D eigenvalue weighted by atomic mass is 10.2. The summed E-state index contributed by atoms with van der Waals surface area (Å²) in [5, 5.41) is 4.22. The molecule has 0 radical (unpaired) electrons. The standard InChI is InChI=1S/C17H16BrN5O2/c1-11-7-8-19-23(11)14-5-3-12(4-6-14)16(24)20-21-17(25)15-9-13(18)10-22(15)2/h3-10H,1-2H3,(H,20,24)(H,21,25). The average Bonchev–Trinajstić information content (AvgIpc) is 3.17. The minimum absolute atomic E-state index is 0.398. The Kier molecular flexibility index (Phi) is 4.71. The number of amides is 2. The van der Waals surface area contributed by atoms with Gasteiger partial charge in [-0.25, -0.2) is 4.68 Å². The summed E-state index contributed by atoms with van der Waals surface area (Å²) in [6.07, 6.45) is 3.47. The first-order valence-electron chi connectivity index (χ1n) is 7.49. The number of carbonyl (C=O) groups excluding carboxylic acids is 2. The third-order valence-electron chi connectivity index (χ3n) is 3.70. The molecule has 7 nitrogen and oxygen atoms in total. The van der Waals surface area contributed by atoms with Crippen molar-refractivity contribution in [1.29, 1.82) is 0 Å². The van der Waals surface area contributed by atoms with E-state index in [-0.39, 0.29) is 0 Å². The molecule has 2 N–H and O–H groups in total. The summed E-state index contributed by atoms with van der Waals surface area (Å²) in [6, 6.07) is 10.5. The molecule has 0 aliphatic heterocycles. The van der Waals surface area contributed by atoms with Crippen LogP contribution in [0.1, 0.15) is 26.5 Å². The van der Waals surface area contributed by atoms with Crippen molar-refractivity contribution in [2.75, 3.05) is 0 Å². The second-order valence-corrected chi connectivity index (χ2v) is 6.41. The normalized spacial score (nSPS) is 10.5. The van der Waals surface area contributed by atoms with Crippen LogP contribution >= 0.6 is 15.9 Å². The van der Waals surface area contributed by atoms with Crippen molar-refractivity contribution in [3.05, 3.63) is 70.2 Å². The highest BCUT2D eigenvalue weighted by atomic mass is 79.9.